The first-order chi connectivity index (χ1) is 9.81. The lowest BCUT2D eigenvalue weighted by molar-refractivity contribution is 0.503. The normalized spacial score (nSPS) is 10.4. The standard InChI is InChI=1S/C15H13N3OS/c20-15(17-10-13-5-3-7-19-13)18-12-8-11-4-1-2-6-14(11)16-9-12/h1-9H,10H2,(H2,17,18,20). The molecule has 3 rings (SSSR count). The fourth-order valence-electron chi connectivity index (χ4n) is 1.90. The molecule has 0 aliphatic heterocycles. The number of fused-ring (bicyclic) bond motifs is 1. The van der Waals surface area contributed by atoms with Gasteiger partial charge in [-0.15, -0.1) is 0 Å². The van der Waals surface area contributed by atoms with Crippen LogP contribution in [0.15, 0.2) is 59.3 Å². The molecule has 0 amide bonds. The van der Waals surface area contributed by atoms with Crippen molar-refractivity contribution in [2.45, 2.75) is 6.54 Å². The molecule has 0 aliphatic rings. The van der Waals surface area contributed by atoms with Gasteiger partial charge in [0.1, 0.15) is 5.76 Å². The molecule has 100 valence electrons. The molecule has 0 bridgehead atoms. The highest BCUT2D eigenvalue weighted by Gasteiger charge is 2.01. The Kier molecular flexibility index (Phi) is 3.60. The van der Waals surface area contributed by atoms with E-state index in [1.54, 1.807) is 12.5 Å². The molecule has 0 unspecified atom stereocenters. The molecule has 4 nitrogen and oxygen atoms in total. The number of aromatic nitrogens is 1. The Bertz CT molecular complexity index is 725. The Labute approximate surface area is 121 Å². The van der Waals surface area contributed by atoms with Crippen molar-refractivity contribution < 1.29 is 4.42 Å². The minimum atomic E-state index is 0.540. The van der Waals surface area contributed by atoms with Crippen molar-refractivity contribution in [2.24, 2.45) is 0 Å². The highest BCUT2D eigenvalue weighted by molar-refractivity contribution is 7.80. The van der Waals surface area contributed by atoms with Gasteiger partial charge in [-0.05, 0) is 36.5 Å². The fraction of sp³-hybridized carbons (Fsp3) is 0.0667. The van der Waals surface area contributed by atoms with Crippen LogP contribution >= 0.6 is 12.2 Å². The number of nitrogens with one attached hydrogen (secondary N) is 2. The molecule has 3 aromatic rings. The van der Waals surface area contributed by atoms with E-state index in [-0.39, 0.29) is 0 Å². The predicted octanol–water partition coefficient (Wildman–Crippen LogP) is 3.31. The second kappa shape index (κ2) is 5.71. The number of hydrogen-bond acceptors (Lipinski definition) is 3. The van der Waals surface area contributed by atoms with Crippen LogP contribution in [-0.2, 0) is 6.54 Å². The SMILES string of the molecule is S=C(NCc1ccco1)Nc1cnc2ccccc2c1. The molecule has 2 N–H and O–H groups in total. The second-order valence-electron chi connectivity index (χ2n) is 4.30. The smallest absolute Gasteiger partial charge is 0.171 e. The average Bonchev–Trinajstić information content (AvgIpc) is 2.98. The first kappa shape index (κ1) is 12.6. The van der Waals surface area contributed by atoms with Crippen LogP contribution in [0.3, 0.4) is 0 Å². The molecular weight excluding hydrogens is 270 g/mol. The third kappa shape index (κ3) is 2.95. The maximum Gasteiger partial charge on any atom is 0.171 e. The summed E-state index contributed by atoms with van der Waals surface area (Å²) in [7, 11) is 0. The van der Waals surface area contributed by atoms with Crippen LogP contribution in [0, 0.1) is 0 Å². The number of anilines is 1. The van der Waals surface area contributed by atoms with Crippen molar-refractivity contribution in [1.29, 1.82) is 0 Å². The highest BCUT2D eigenvalue weighted by Crippen LogP contribution is 2.15. The van der Waals surface area contributed by atoms with E-state index < -0.39 is 0 Å². The number of para-hydroxylation sites is 1. The van der Waals surface area contributed by atoms with Gasteiger partial charge in [0.2, 0.25) is 0 Å². The third-order valence-electron chi connectivity index (χ3n) is 2.85. The van der Waals surface area contributed by atoms with Crippen LogP contribution in [0.25, 0.3) is 10.9 Å². The van der Waals surface area contributed by atoms with Crippen molar-refractivity contribution >= 4 is 33.9 Å². The Morgan fingerprint density at radius 1 is 1.20 bits per heavy atom. The Morgan fingerprint density at radius 3 is 2.95 bits per heavy atom. The van der Waals surface area contributed by atoms with Crippen LogP contribution in [0.4, 0.5) is 5.69 Å². The minimum Gasteiger partial charge on any atom is -0.467 e. The lowest BCUT2D eigenvalue weighted by Crippen LogP contribution is -2.27. The second-order valence-corrected chi connectivity index (χ2v) is 4.71. The van der Waals surface area contributed by atoms with Gasteiger partial charge in [0, 0.05) is 5.39 Å². The molecule has 20 heavy (non-hydrogen) atoms. The molecule has 0 saturated carbocycles. The van der Waals surface area contributed by atoms with E-state index in [9.17, 15) is 0 Å². The van der Waals surface area contributed by atoms with Crippen molar-refractivity contribution in [3.63, 3.8) is 0 Å². The van der Waals surface area contributed by atoms with Gasteiger partial charge < -0.3 is 15.1 Å². The molecule has 0 saturated heterocycles. The van der Waals surface area contributed by atoms with Gasteiger partial charge in [0.05, 0.1) is 30.2 Å². The fourth-order valence-corrected chi connectivity index (χ4v) is 2.09. The van der Waals surface area contributed by atoms with Crippen LogP contribution in [0.1, 0.15) is 5.76 Å². The Balaban J connectivity index is 1.65. The van der Waals surface area contributed by atoms with Crippen molar-refractivity contribution in [1.82, 2.24) is 10.3 Å². The number of benzene rings is 1. The number of pyridine rings is 1. The molecule has 2 heterocycles. The summed E-state index contributed by atoms with van der Waals surface area (Å²) < 4.78 is 5.23. The summed E-state index contributed by atoms with van der Waals surface area (Å²) >= 11 is 5.24. The summed E-state index contributed by atoms with van der Waals surface area (Å²) in [5.41, 5.74) is 1.83. The zero-order valence-electron chi connectivity index (χ0n) is 10.7. The summed E-state index contributed by atoms with van der Waals surface area (Å²) in [4.78, 5) is 4.38. The predicted molar refractivity (Wildman–Crippen MR) is 83.5 cm³/mol. The van der Waals surface area contributed by atoms with E-state index in [0.29, 0.717) is 11.7 Å². The van der Waals surface area contributed by atoms with Crippen LogP contribution in [-0.4, -0.2) is 10.1 Å². The quantitative estimate of drug-likeness (QED) is 0.722. The summed E-state index contributed by atoms with van der Waals surface area (Å²) in [6.07, 6.45) is 3.41. The maximum absolute atomic E-state index is 5.24. The summed E-state index contributed by atoms with van der Waals surface area (Å²) in [5, 5.41) is 7.81. The van der Waals surface area contributed by atoms with Gasteiger partial charge in [0.25, 0.3) is 0 Å². The topological polar surface area (TPSA) is 50.1 Å². The third-order valence-corrected chi connectivity index (χ3v) is 3.10. The molecule has 0 radical (unpaired) electrons. The first-order valence-corrected chi connectivity index (χ1v) is 6.64. The van der Waals surface area contributed by atoms with Gasteiger partial charge in [-0.1, -0.05) is 18.2 Å². The summed E-state index contributed by atoms with van der Waals surface area (Å²) in [6.45, 7) is 0.555. The Hall–Kier alpha value is -2.40. The number of furan rings is 1. The van der Waals surface area contributed by atoms with Crippen molar-refractivity contribution in [2.75, 3.05) is 5.32 Å². The van der Waals surface area contributed by atoms with Crippen LogP contribution < -0.4 is 10.6 Å². The van der Waals surface area contributed by atoms with Crippen molar-refractivity contribution in [3.8, 4) is 0 Å². The van der Waals surface area contributed by atoms with Crippen molar-refractivity contribution in [3.05, 3.63) is 60.7 Å². The van der Waals surface area contributed by atoms with Crippen LogP contribution in [0.2, 0.25) is 0 Å². The van der Waals surface area contributed by atoms with Gasteiger partial charge >= 0.3 is 0 Å². The monoisotopic (exact) mass is 283 g/mol. The van der Waals surface area contributed by atoms with E-state index in [0.717, 1.165) is 22.4 Å². The molecular formula is C15H13N3OS. The van der Waals surface area contributed by atoms with E-state index in [4.69, 9.17) is 16.6 Å². The lowest BCUT2D eigenvalue weighted by atomic mass is 10.2. The first-order valence-electron chi connectivity index (χ1n) is 6.23. The van der Waals surface area contributed by atoms with E-state index in [1.165, 1.54) is 0 Å². The number of thiocarbonyl (C=S) groups is 1. The number of rotatable bonds is 3. The molecule has 0 aliphatic carbocycles. The largest absolute Gasteiger partial charge is 0.467 e. The number of hydrogen-bond donors (Lipinski definition) is 2. The summed E-state index contributed by atoms with van der Waals surface area (Å²) in [5.74, 6) is 0.839. The number of nitrogens with zero attached hydrogens (tertiary/aromatic N) is 1. The van der Waals surface area contributed by atoms with Crippen LogP contribution in [0.5, 0.6) is 0 Å². The van der Waals surface area contributed by atoms with Gasteiger partial charge in [0.15, 0.2) is 5.11 Å². The minimum absolute atomic E-state index is 0.540. The van der Waals surface area contributed by atoms with E-state index in [1.807, 2.05) is 42.5 Å². The highest BCUT2D eigenvalue weighted by atomic mass is 32.1. The maximum atomic E-state index is 5.24. The van der Waals surface area contributed by atoms with E-state index >= 15 is 0 Å². The molecule has 2 aromatic heterocycles. The summed E-state index contributed by atoms with van der Waals surface area (Å²) in [6, 6.07) is 13.7. The van der Waals surface area contributed by atoms with Gasteiger partial charge in [-0.2, -0.15) is 0 Å². The van der Waals surface area contributed by atoms with E-state index in [2.05, 4.69) is 15.6 Å². The molecule has 5 heteroatoms. The van der Waals surface area contributed by atoms with Gasteiger partial charge in [-0.3, -0.25) is 4.98 Å². The molecule has 0 atom stereocenters. The average molecular weight is 283 g/mol. The zero-order chi connectivity index (χ0) is 13.8. The molecule has 0 fully saturated rings. The molecule has 0 spiro atoms. The molecule has 1 aromatic carbocycles. The van der Waals surface area contributed by atoms with Gasteiger partial charge in [-0.25, -0.2) is 0 Å². The zero-order valence-corrected chi connectivity index (χ0v) is 11.5. The Morgan fingerprint density at radius 2 is 2.10 bits per heavy atom. The lowest BCUT2D eigenvalue weighted by Gasteiger charge is -2.09.